The third kappa shape index (κ3) is 5.22. The van der Waals surface area contributed by atoms with Crippen LogP contribution in [0.2, 0.25) is 0 Å². The van der Waals surface area contributed by atoms with Crippen LogP contribution in [0.3, 0.4) is 0 Å². The molecule has 0 bridgehead atoms. The van der Waals surface area contributed by atoms with Crippen LogP contribution in [0.4, 0.5) is 10.5 Å². The molecule has 1 N–H and O–H groups in total. The number of carbonyl (C=O) groups is 2. The van der Waals surface area contributed by atoms with Gasteiger partial charge in [-0.05, 0) is 48.4 Å². The van der Waals surface area contributed by atoms with E-state index in [1.165, 1.54) is 6.92 Å². The molecule has 1 aromatic carbocycles. The molecule has 27 heavy (non-hydrogen) atoms. The zero-order chi connectivity index (χ0) is 19.1. The van der Waals surface area contributed by atoms with Crippen molar-refractivity contribution >= 4 is 17.5 Å². The summed E-state index contributed by atoms with van der Waals surface area (Å²) in [6, 6.07) is 14.2. The Hall–Kier alpha value is -3.54. The predicted molar refractivity (Wildman–Crippen MR) is 103 cm³/mol. The number of aromatic nitrogens is 2. The molecule has 2 heterocycles. The lowest BCUT2D eigenvalue weighted by Crippen LogP contribution is -2.34. The number of anilines is 1. The Kier molecular flexibility index (Phi) is 5.89. The number of Topliss-reactive ketones (excluding diaryl/α,β-unsaturated/α-hetero) is 1. The van der Waals surface area contributed by atoms with Crippen LogP contribution < -0.4 is 5.32 Å². The highest BCUT2D eigenvalue weighted by Crippen LogP contribution is 2.15. The standard InChI is InChI=1S/C21H20N4O2/c1-16(26)19-5-2-6-20(12-19)24-21(27)25(14-17-7-10-22-11-8-17)15-18-4-3-9-23-13-18/h2-13H,14-15H2,1H3,(H,24,27). The number of hydrogen-bond donors (Lipinski definition) is 1. The van der Waals surface area contributed by atoms with Gasteiger partial charge in [-0.3, -0.25) is 14.8 Å². The van der Waals surface area contributed by atoms with Crippen LogP contribution in [0.1, 0.15) is 28.4 Å². The van der Waals surface area contributed by atoms with Crippen molar-refractivity contribution in [2.45, 2.75) is 20.0 Å². The van der Waals surface area contributed by atoms with Gasteiger partial charge in [-0.25, -0.2) is 4.79 Å². The molecule has 0 aliphatic rings. The van der Waals surface area contributed by atoms with Crippen molar-refractivity contribution in [3.63, 3.8) is 0 Å². The average Bonchev–Trinajstić information content (AvgIpc) is 2.69. The summed E-state index contributed by atoms with van der Waals surface area (Å²) in [4.78, 5) is 34.3. The first-order chi connectivity index (χ1) is 13.1. The first-order valence-corrected chi connectivity index (χ1v) is 8.56. The molecule has 0 atom stereocenters. The smallest absolute Gasteiger partial charge is 0.316 e. The molecule has 6 heteroatoms. The molecule has 0 fully saturated rings. The van der Waals surface area contributed by atoms with Gasteiger partial charge in [0.2, 0.25) is 0 Å². The minimum Gasteiger partial charge on any atom is -0.316 e. The van der Waals surface area contributed by atoms with Gasteiger partial charge >= 0.3 is 6.03 Å². The van der Waals surface area contributed by atoms with Crippen molar-refractivity contribution in [2.24, 2.45) is 0 Å². The van der Waals surface area contributed by atoms with E-state index in [0.717, 1.165) is 11.1 Å². The van der Waals surface area contributed by atoms with Gasteiger partial charge in [0.1, 0.15) is 0 Å². The second-order valence-electron chi connectivity index (χ2n) is 6.14. The Morgan fingerprint density at radius 2 is 1.70 bits per heavy atom. The molecule has 0 radical (unpaired) electrons. The third-order valence-electron chi connectivity index (χ3n) is 4.03. The fourth-order valence-electron chi connectivity index (χ4n) is 2.64. The van der Waals surface area contributed by atoms with E-state index in [-0.39, 0.29) is 11.8 Å². The van der Waals surface area contributed by atoms with Crippen LogP contribution >= 0.6 is 0 Å². The van der Waals surface area contributed by atoms with E-state index < -0.39 is 0 Å². The number of carbonyl (C=O) groups excluding carboxylic acids is 2. The highest BCUT2D eigenvalue weighted by Gasteiger charge is 2.15. The minimum absolute atomic E-state index is 0.0462. The Morgan fingerprint density at radius 1 is 0.926 bits per heavy atom. The highest BCUT2D eigenvalue weighted by molar-refractivity contribution is 5.96. The Balaban J connectivity index is 1.79. The fourth-order valence-corrected chi connectivity index (χ4v) is 2.64. The second-order valence-corrected chi connectivity index (χ2v) is 6.14. The van der Waals surface area contributed by atoms with Crippen LogP contribution in [0, 0.1) is 0 Å². The molecule has 0 aliphatic heterocycles. The molecule has 0 saturated heterocycles. The van der Waals surface area contributed by atoms with Crippen LogP contribution in [-0.4, -0.2) is 26.7 Å². The summed E-state index contributed by atoms with van der Waals surface area (Å²) in [5, 5.41) is 2.88. The van der Waals surface area contributed by atoms with Crippen LogP contribution in [0.25, 0.3) is 0 Å². The number of benzene rings is 1. The maximum Gasteiger partial charge on any atom is 0.322 e. The summed E-state index contributed by atoms with van der Waals surface area (Å²) in [5.74, 6) is -0.0462. The summed E-state index contributed by atoms with van der Waals surface area (Å²) in [7, 11) is 0. The molecule has 6 nitrogen and oxygen atoms in total. The van der Waals surface area contributed by atoms with Gasteiger partial charge in [0.25, 0.3) is 0 Å². The summed E-state index contributed by atoms with van der Waals surface area (Å²) in [6.07, 6.45) is 6.84. The molecule has 0 spiro atoms. The van der Waals surface area contributed by atoms with Crippen LogP contribution in [0.5, 0.6) is 0 Å². The van der Waals surface area contributed by atoms with Crippen LogP contribution in [0.15, 0.2) is 73.3 Å². The predicted octanol–water partition coefficient (Wildman–Crippen LogP) is 3.91. The number of pyridine rings is 2. The lowest BCUT2D eigenvalue weighted by molar-refractivity contribution is 0.101. The summed E-state index contributed by atoms with van der Waals surface area (Å²) < 4.78 is 0. The summed E-state index contributed by atoms with van der Waals surface area (Å²) >= 11 is 0. The van der Waals surface area contributed by atoms with E-state index in [0.29, 0.717) is 24.3 Å². The molecule has 0 aliphatic carbocycles. The van der Waals surface area contributed by atoms with Gasteiger partial charge in [0.15, 0.2) is 5.78 Å². The van der Waals surface area contributed by atoms with Gasteiger partial charge < -0.3 is 10.2 Å². The third-order valence-corrected chi connectivity index (χ3v) is 4.03. The number of ketones is 1. The van der Waals surface area contributed by atoms with Crippen molar-refractivity contribution < 1.29 is 9.59 Å². The lowest BCUT2D eigenvalue weighted by atomic mass is 10.1. The molecule has 2 aromatic heterocycles. The zero-order valence-corrected chi connectivity index (χ0v) is 15.0. The topological polar surface area (TPSA) is 75.2 Å². The van der Waals surface area contributed by atoms with Crippen molar-refractivity contribution in [3.05, 3.63) is 90.0 Å². The Labute approximate surface area is 157 Å². The molecular weight excluding hydrogens is 340 g/mol. The monoisotopic (exact) mass is 360 g/mol. The maximum atomic E-state index is 12.9. The molecule has 3 rings (SSSR count). The van der Waals surface area contributed by atoms with Crippen molar-refractivity contribution in [2.75, 3.05) is 5.32 Å². The molecule has 2 amide bonds. The van der Waals surface area contributed by atoms with E-state index in [9.17, 15) is 9.59 Å². The van der Waals surface area contributed by atoms with Crippen molar-refractivity contribution in [1.29, 1.82) is 0 Å². The maximum absolute atomic E-state index is 12.9. The SMILES string of the molecule is CC(=O)c1cccc(NC(=O)N(Cc2ccncc2)Cc2cccnc2)c1. The summed E-state index contributed by atoms with van der Waals surface area (Å²) in [6.45, 7) is 2.34. The molecule has 0 saturated carbocycles. The molecule has 3 aromatic rings. The first-order valence-electron chi connectivity index (χ1n) is 8.56. The zero-order valence-electron chi connectivity index (χ0n) is 15.0. The minimum atomic E-state index is -0.253. The van der Waals surface area contributed by atoms with Gasteiger partial charge in [-0.15, -0.1) is 0 Å². The normalized spacial score (nSPS) is 10.3. The van der Waals surface area contributed by atoms with Crippen LogP contribution in [-0.2, 0) is 13.1 Å². The number of nitrogens with zero attached hydrogens (tertiary/aromatic N) is 3. The van der Waals surface area contributed by atoms with Gasteiger partial charge in [0, 0.05) is 49.1 Å². The number of amides is 2. The molecular formula is C21H20N4O2. The Morgan fingerprint density at radius 3 is 2.41 bits per heavy atom. The number of urea groups is 1. The van der Waals surface area contributed by atoms with Gasteiger partial charge in [-0.2, -0.15) is 0 Å². The second kappa shape index (κ2) is 8.71. The fraction of sp³-hybridized carbons (Fsp3) is 0.143. The van der Waals surface area contributed by atoms with E-state index in [2.05, 4.69) is 15.3 Å². The number of nitrogens with one attached hydrogen (secondary N) is 1. The Bertz CT molecular complexity index is 872. The highest BCUT2D eigenvalue weighted by atomic mass is 16.2. The quantitative estimate of drug-likeness (QED) is 0.676. The van der Waals surface area contributed by atoms with Crippen molar-refractivity contribution in [1.82, 2.24) is 14.9 Å². The largest absolute Gasteiger partial charge is 0.322 e. The lowest BCUT2D eigenvalue weighted by Gasteiger charge is -2.23. The van der Waals surface area contributed by atoms with E-state index in [1.807, 2.05) is 24.3 Å². The number of rotatable bonds is 6. The van der Waals surface area contributed by atoms with Gasteiger partial charge in [0.05, 0.1) is 0 Å². The number of hydrogen-bond acceptors (Lipinski definition) is 4. The van der Waals surface area contributed by atoms with E-state index in [1.54, 1.807) is 54.0 Å². The molecule has 0 unspecified atom stereocenters. The molecule has 136 valence electrons. The van der Waals surface area contributed by atoms with Crippen molar-refractivity contribution in [3.8, 4) is 0 Å². The van der Waals surface area contributed by atoms with Gasteiger partial charge in [-0.1, -0.05) is 18.2 Å². The summed E-state index contributed by atoms with van der Waals surface area (Å²) in [5.41, 5.74) is 3.04. The van der Waals surface area contributed by atoms with E-state index >= 15 is 0 Å². The first kappa shape index (κ1) is 18.3. The average molecular weight is 360 g/mol. The van der Waals surface area contributed by atoms with E-state index in [4.69, 9.17) is 0 Å².